The van der Waals surface area contributed by atoms with E-state index in [9.17, 15) is 13.2 Å². The van der Waals surface area contributed by atoms with Gasteiger partial charge in [0.25, 0.3) is 0 Å². The van der Waals surface area contributed by atoms with Gasteiger partial charge in [-0.3, -0.25) is 4.98 Å². The average molecular weight is 359 g/mol. The predicted octanol–water partition coefficient (Wildman–Crippen LogP) is 4.65. The van der Waals surface area contributed by atoms with Gasteiger partial charge in [0.05, 0.1) is 6.42 Å². The van der Waals surface area contributed by atoms with E-state index in [0.29, 0.717) is 17.5 Å². The number of hydrogen-bond acceptors (Lipinski definition) is 5. The highest BCUT2D eigenvalue weighted by Gasteiger charge is 2.26. The summed E-state index contributed by atoms with van der Waals surface area (Å²) in [6, 6.07) is 14.3. The van der Waals surface area contributed by atoms with Gasteiger partial charge in [-0.05, 0) is 12.1 Å². The molecule has 0 amide bonds. The van der Waals surface area contributed by atoms with Crippen LogP contribution in [0.5, 0.6) is 0 Å². The molecule has 0 bridgehead atoms. The average Bonchev–Trinajstić information content (AvgIpc) is 2.62. The molecule has 0 spiro atoms. The van der Waals surface area contributed by atoms with Crippen molar-refractivity contribution in [2.45, 2.75) is 12.6 Å². The Morgan fingerprint density at radius 3 is 2.27 bits per heavy atom. The van der Waals surface area contributed by atoms with E-state index in [1.54, 1.807) is 30.6 Å². The zero-order valence-corrected chi connectivity index (χ0v) is 13.7. The maximum absolute atomic E-state index is 12.4. The smallest absolute Gasteiger partial charge is 0.370 e. The highest BCUT2D eigenvalue weighted by molar-refractivity contribution is 5.64. The van der Waals surface area contributed by atoms with Crippen LogP contribution in [-0.4, -0.2) is 27.7 Å². The van der Waals surface area contributed by atoms with E-state index in [1.165, 1.54) is 0 Å². The van der Waals surface area contributed by atoms with Gasteiger partial charge in [-0.15, -0.1) is 0 Å². The third kappa shape index (κ3) is 5.17. The Morgan fingerprint density at radius 1 is 0.885 bits per heavy atom. The fourth-order valence-corrected chi connectivity index (χ4v) is 2.23. The number of anilines is 3. The molecule has 8 heteroatoms. The number of hydrogen-bond donors (Lipinski definition) is 2. The molecule has 0 radical (unpaired) electrons. The molecule has 0 atom stereocenters. The van der Waals surface area contributed by atoms with Gasteiger partial charge in [0.1, 0.15) is 11.6 Å². The Labute approximate surface area is 148 Å². The van der Waals surface area contributed by atoms with Crippen molar-refractivity contribution in [3.8, 4) is 11.4 Å². The molecule has 0 saturated carbocycles. The lowest BCUT2D eigenvalue weighted by Gasteiger charge is -2.12. The molecule has 2 aromatic heterocycles. The highest BCUT2D eigenvalue weighted by Crippen LogP contribution is 2.23. The molecule has 2 N–H and O–H groups in total. The largest absolute Gasteiger partial charge is 0.390 e. The van der Waals surface area contributed by atoms with Crippen LogP contribution in [0, 0.1) is 0 Å². The molecule has 134 valence electrons. The predicted molar refractivity (Wildman–Crippen MR) is 94.1 cm³/mol. The molecule has 3 aromatic rings. The number of pyridine rings is 1. The number of aromatic nitrogens is 3. The second-order valence-electron chi connectivity index (χ2n) is 5.48. The van der Waals surface area contributed by atoms with Gasteiger partial charge >= 0.3 is 6.18 Å². The van der Waals surface area contributed by atoms with Gasteiger partial charge < -0.3 is 10.6 Å². The Kier molecular flexibility index (Phi) is 5.31. The SMILES string of the molecule is FC(F)(F)CCNc1cc(Nc2ccncc2)nc(-c2ccccc2)n1. The summed E-state index contributed by atoms with van der Waals surface area (Å²) in [4.78, 5) is 12.7. The molecule has 0 aliphatic rings. The van der Waals surface area contributed by atoms with Crippen molar-refractivity contribution in [1.82, 2.24) is 15.0 Å². The molecule has 1 aromatic carbocycles. The van der Waals surface area contributed by atoms with Crippen LogP contribution in [0.4, 0.5) is 30.5 Å². The normalized spacial score (nSPS) is 11.2. The molecular formula is C18H16F3N5. The summed E-state index contributed by atoms with van der Waals surface area (Å²) in [5, 5.41) is 5.82. The quantitative estimate of drug-likeness (QED) is 0.671. The Bertz CT molecular complexity index is 838. The molecule has 0 unspecified atom stereocenters. The van der Waals surface area contributed by atoms with Crippen LogP contribution in [0.25, 0.3) is 11.4 Å². The lowest BCUT2D eigenvalue weighted by Crippen LogP contribution is -2.15. The topological polar surface area (TPSA) is 62.7 Å². The van der Waals surface area contributed by atoms with E-state index in [2.05, 4.69) is 25.6 Å². The van der Waals surface area contributed by atoms with Crippen LogP contribution in [0.1, 0.15) is 6.42 Å². The Morgan fingerprint density at radius 2 is 1.58 bits per heavy atom. The first kappa shape index (κ1) is 17.7. The standard InChI is InChI=1S/C18H16F3N5/c19-18(20,21)8-11-23-15-12-16(24-14-6-9-22-10-7-14)26-17(25-15)13-4-2-1-3-5-13/h1-7,9-10,12H,8,11H2,(H2,22,23,24,25,26). The summed E-state index contributed by atoms with van der Waals surface area (Å²) in [6.45, 7) is -0.260. The number of nitrogens with zero attached hydrogens (tertiary/aromatic N) is 3. The van der Waals surface area contributed by atoms with Crippen LogP contribution < -0.4 is 10.6 Å². The van der Waals surface area contributed by atoms with Crippen molar-refractivity contribution >= 4 is 17.3 Å². The molecule has 0 saturated heterocycles. The minimum Gasteiger partial charge on any atom is -0.370 e. The highest BCUT2D eigenvalue weighted by atomic mass is 19.4. The van der Waals surface area contributed by atoms with Crippen molar-refractivity contribution in [3.63, 3.8) is 0 Å². The second-order valence-corrected chi connectivity index (χ2v) is 5.48. The lowest BCUT2D eigenvalue weighted by molar-refractivity contribution is -0.131. The third-order valence-corrected chi connectivity index (χ3v) is 3.43. The Hall–Kier alpha value is -3.16. The van der Waals surface area contributed by atoms with Gasteiger partial charge in [0.2, 0.25) is 0 Å². The monoisotopic (exact) mass is 359 g/mol. The molecule has 2 heterocycles. The summed E-state index contributed by atoms with van der Waals surface area (Å²) < 4.78 is 37.1. The first-order valence-electron chi connectivity index (χ1n) is 7.92. The fraction of sp³-hybridized carbons (Fsp3) is 0.167. The first-order chi connectivity index (χ1) is 12.5. The zero-order valence-electron chi connectivity index (χ0n) is 13.7. The molecule has 5 nitrogen and oxygen atoms in total. The number of benzene rings is 1. The van der Waals surface area contributed by atoms with E-state index in [0.717, 1.165) is 11.3 Å². The van der Waals surface area contributed by atoms with Gasteiger partial charge in [0.15, 0.2) is 5.82 Å². The van der Waals surface area contributed by atoms with Crippen LogP contribution in [0.2, 0.25) is 0 Å². The fourth-order valence-electron chi connectivity index (χ4n) is 2.23. The van der Waals surface area contributed by atoms with Gasteiger partial charge in [-0.25, -0.2) is 9.97 Å². The van der Waals surface area contributed by atoms with E-state index in [1.807, 2.05) is 30.3 Å². The minimum absolute atomic E-state index is 0.260. The van der Waals surface area contributed by atoms with E-state index in [4.69, 9.17) is 0 Å². The molecular weight excluding hydrogens is 343 g/mol. The zero-order chi connectivity index (χ0) is 18.4. The summed E-state index contributed by atoms with van der Waals surface area (Å²) in [7, 11) is 0. The van der Waals surface area contributed by atoms with Crippen LogP contribution in [0.15, 0.2) is 60.9 Å². The molecule has 0 fully saturated rings. The first-order valence-corrected chi connectivity index (χ1v) is 7.92. The number of alkyl halides is 3. The Balaban J connectivity index is 1.86. The minimum atomic E-state index is -4.22. The van der Waals surface area contributed by atoms with Crippen LogP contribution in [-0.2, 0) is 0 Å². The number of halogens is 3. The van der Waals surface area contributed by atoms with Crippen molar-refractivity contribution in [3.05, 3.63) is 60.9 Å². The number of nitrogens with one attached hydrogen (secondary N) is 2. The summed E-state index contributed by atoms with van der Waals surface area (Å²) in [5.74, 6) is 1.21. The maximum atomic E-state index is 12.4. The molecule has 3 rings (SSSR count). The van der Waals surface area contributed by atoms with Crippen molar-refractivity contribution in [1.29, 1.82) is 0 Å². The van der Waals surface area contributed by atoms with E-state index < -0.39 is 12.6 Å². The summed E-state index contributed by atoms with van der Waals surface area (Å²) >= 11 is 0. The van der Waals surface area contributed by atoms with E-state index >= 15 is 0 Å². The van der Waals surface area contributed by atoms with Gasteiger partial charge in [-0.1, -0.05) is 30.3 Å². The summed E-state index contributed by atoms with van der Waals surface area (Å²) in [6.07, 6.45) is -1.90. The van der Waals surface area contributed by atoms with Gasteiger partial charge in [-0.2, -0.15) is 13.2 Å². The van der Waals surface area contributed by atoms with Crippen molar-refractivity contribution < 1.29 is 13.2 Å². The maximum Gasteiger partial charge on any atom is 0.390 e. The van der Waals surface area contributed by atoms with E-state index in [-0.39, 0.29) is 6.54 Å². The van der Waals surface area contributed by atoms with Crippen molar-refractivity contribution in [2.24, 2.45) is 0 Å². The van der Waals surface area contributed by atoms with Crippen LogP contribution >= 0.6 is 0 Å². The number of rotatable bonds is 6. The lowest BCUT2D eigenvalue weighted by atomic mass is 10.2. The van der Waals surface area contributed by atoms with Gasteiger partial charge in [0, 0.05) is 36.3 Å². The van der Waals surface area contributed by atoms with Crippen molar-refractivity contribution in [2.75, 3.05) is 17.2 Å². The molecule has 26 heavy (non-hydrogen) atoms. The molecule has 0 aliphatic heterocycles. The second kappa shape index (κ2) is 7.81. The molecule has 0 aliphatic carbocycles. The third-order valence-electron chi connectivity index (χ3n) is 3.43. The summed E-state index contributed by atoms with van der Waals surface area (Å²) in [5.41, 5.74) is 1.53. The van der Waals surface area contributed by atoms with Crippen LogP contribution in [0.3, 0.4) is 0 Å².